The Morgan fingerprint density at radius 1 is 1.21 bits per heavy atom. The molecule has 1 aromatic carbocycles. The first-order valence-corrected chi connectivity index (χ1v) is 9.90. The first-order chi connectivity index (χ1) is 13.6. The fourth-order valence-electron chi connectivity index (χ4n) is 3.23. The number of carboxylic acids is 1. The average Bonchev–Trinajstić information content (AvgIpc) is 2.88. The Morgan fingerprint density at radius 3 is 2.82 bits per heavy atom. The summed E-state index contributed by atoms with van der Waals surface area (Å²) in [5, 5.41) is 9.80. The van der Waals surface area contributed by atoms with Gasteiger partial charge in [0.2, 0.25) is 5.90 Å². The second-order valence-electron chi connectivity index (χ2n) is 6.80. The molecule has 1 aliphatic carbocycles. The Bertz CT molecular complexity index is 850. The molecule has 0 saturated carbocycles. The lowest BCUT2D eigenvalue weighted by atomic mass is 9.93. The smallest absolute Gasteiger partial charge is 0.336 e. The zero-order valence-corrected chi connectivity index (χ0v) is 16.4. The quantitative estimate of drug-likeness (QED) is 0.737. The van der Waals surface area contributed by atoms with E-state index in [1.165, 1.54) is 0 Å². The number of nitrogens with zero attached hydrogens (tertiary/aromatic N) is 1. The van der Waals surface area contributed by atoms with Gasteiger partial charge in [-0.3, -0.25) is 4.99 Å². The lowest BCUT2D eigenvalue weighted by Crippen LogP contribution is -2.02. The molecule has 28 heavy (non-hydrogen) atoms. The van der Waals surface area contributed by atoms with E-state index in [1.807, 2.05) is 42.5 Å². The van der Waals surface area contributed by atoms with Crippen LogP contribution < -0.4 is 0 Å². The lowest BCUT2D eigenvalue weighted by Gasteiger charge is -2.12. The maximum absolute atomic E-state index is 11.4. The fraction of sp³-hybridized carbons (Fsp3) is 0.304. The van der Waals surface area contributed by atoms with E-state index in [0.717, 1.165) is 30.4 Å². The Balaban J connectivity index is 1.68. The Morgan fingerprint density at radius 2 is 2.04 bits per heavy atom. The third kappa shape index (κ3) is 5.70. The zero-order chi connectivity index (χ0) is 19.8. The van der Waals surface area contributed by atoms with Gasteiger partial charge in [-0.05, 0) is 49.0 Å². The fourth-order valence-corrected chi connectivity index (χ4v) is 3.50. The molecule has 0 bridgehead atoms. The molecular weight excluding hydrogens is 374 g/mol. The van der Waals surface area contributed by atoms with E-state index in [0.29, 0.717) is 30.5 Å². The molecule has 5 heteroatoms. The molecule has 2 aliphatic rings. The second-order valence-corrected chi connectivity index (χ2v) is 7.26. The normalized spacial score (nSPS) is 26.0. The molecule has 1 aromatic rings. The van der Waals surface area contributed by atoms with E-state index >= 15 is 0 Å². The van der Waals surface area contributed by atoms with Gasteiger partial charge in [0, 0.05) is 17.5 Å². The van der Waals surface area contributed by atoms with E-state index in [-0.39, 0.29) is 11.5 Å². The van der Waals surface area contributed by atoms with Gasteiger partial charge in [0.1, 0.15) is 6.61 Å². The summed E-state index contributed by atoms with van der Waals surface area (Å²) >= 11 is 6.17. The van der Waals surface area contributed by atoms with Crippen molar-refractivity contribution in [3.8, 4) is 0 Å². The summed E-state index contributed by atoms with van der Waals surface area (Å²) in [7, 11) is 0. The number of rotatable bonds is 4. The molecule has 1 aliphatic heterocycles. The highest BCUT2D eigenvalue weighted by atomic mass is 35.5. The van der Waals surface area contributed by atoms with Crippen LogP contribution in [0.5, 0.6) is 0 Å². The first kappa shape index (κ1) is 20.2. The van der Waals surface area contributed by atoms with Crippen LogP contribution in [0.3, 0.4) is 0 Å². The van der Waals surface area contributed by atoms with E-state index in [1.54, 1.807) is 6.08 Å². The number of ether oxygens (including phenoxy) is 1. The van der Waals surface area contributed by atoms with Gasteiger partial charge in [0.05, 0.1) is 5.57 Å². The number of carbonyl (C=O) groups is 1. The minimum Gasteiger partial charge on any atom is -0.478 e. The van der Waals surface area contributed by atoms with Crippen LogP contribution in [0.25, 0.3) is 0 Å². The predicted octanol–water partition coefficient (Wildman–Crippen LogP) is 5.42. The molecule has 1 heterocycles. The number of halogens is 1. The molecule has 0 amide bonds. The lowest BCUT2D eigenvalue weighted by molar-refractivity contribution is -0.132. The van der Waals surface area contributed by atoms with Gasteiger partial charge in [0.25, 0.3) is 0 Å². The number of aliphatic carboxylic acids is 1. The number of allylic oxidation sites excluding steroid dienone is 5. The summed E-state index contributed by atoms with van der Waals surface area (Å²) in [5.41, 5.74) is 2.38. The van der Waals surface area contributed by atoms with Gasteiger partial charge < -0.3 is 9.84 Å². The van der Waals surface area contributed by atoms with Crippen molar-refractivity contribution >= 4 is 23.5 Å². The van der Waals surface area contributed by atoms with Gasteiger partial charge >= 0.3 is 5.97 Å². The summed E-state index contributed by atoms with van der Waals surface area (Å²) in [5.74, 6) is -0.184. The van der Waals surface area contributed by atoms with Crippen molar-refractivity contribution < 1.29 is 14.6 Å². The minimum absolute atomic E-state index is 0.171. The molecule has 0 saturated heterocycles. The van der Waals surface area contributed by atoms with Gasteiger partial charge in [-0.2, -0.15) is 0 Å². The number of hydrogen-bond donors (Lipinski definition) is 1. The standard InChI is InChI=1S/C23H24ClNO3/c24-21-9-5-4-8-18(10-12-20(21)23(26)27)19-11-13-22(25-15-14-19)28-16-17-6-2-1-3-7-17/h1-3,6-8,10-13,19H,4-5,9,14-16H2,(H,26,27)/b12-10-,18-8-,21-20-. The van der Waals surface area contributed by atoms with Gasteiger partial charge in [-0.25, -0.2) is 4.79 Å². The topological polar surface area (TPSA) is 58.9 Å². The van der Waals surface area contributed by atoms with Gasteiger partial charge in [-0.15, -0.1) is 0 Å². The highest BCUT2D eigenvalue weighted by molar-refractivity contribution is 6.32. The molecule has 0 spiro atoms. The van der Waals surface area contributed by atoms with Crippen molar-refractivity contribution in [2.24, 2.45) is 10.9 Å². The van der Waals surface area contributed by atoms with Crippen molar-refractivity contribution in [3.63, 3.8) is 0 Å². The van der Waals surface area contributed by atoms with Crippen LogP contribution in [0.1, 0.15) is 31.2 Å². The van der Waals surface area contributed by atoms with Crippen LogP contribution in [0, 0.1) is 5.92 Å². The zero-order valence-electron chi connectivity index (χ0n) is 15.7. The molecule has 146 valence electrons. The van der Waals surface area contributed by atoms with Crippen molar-refractivity contribution in [1.82, 2.24) is 0 Å². The van der Waals surface area contributed by atoms with Gasteiger partial charge in [0.15, 0.2) is 0 Å². The van der Waals surface area contributed by atoms with Crippen LogP contribution in [-0.4, -0.2) is 23.5 Å². The summed E-state index contributed by atoms with van der Waals surface area (Å²) in [6.45, 7) is 1.15. The molecule has 0 aromatic heterocycles. The first-order valence-electron chi connectivity index (χ1n) is 9.53. The molecule has 1 unspecified atom stereocenters. The second kappa shape index (κ2) is 10.1. The largest absolute Gasteiger partial charge is 0.478 e. The Hall–Kier alpha value is -2.59. The number of carboxylic acid groups (broad SMARTS) is 1. The number of benzene rings is 1. The predicted molar refractivity (Wildman–Crippen MR) is 112 cm³/mol. The number of hydrogen-bond acceptors (Lipinski definition) is 3. The third-order valence-corrected chi connectivity index (χ3v) is 5.17. The van der Waals surface area contributed by atoms with E-state index in [4.69, 9.17) is 16.3 Å². The van der Waals surface area contributed by atoms with Crippen LogP contribution in [0.15, 0.2) is 81.9 Å². The Kier molecular flexibility index (Phi) is 7.26. The monoisotopic (exact) mass is 397 g/mol. The SMILES string of the molecule is O=C(O)C1=C(\Cl)CCC/C=C(C2C=CC(OCc3ccccc3)=NCC2)/C=C\1. The van der Waals surface area contributed by atoms with Crippen molar-refractivity contribution in [3.05, 3.63) is 82.5 Å². The van der Waals surface area contributed by atoms with Crippen LogP contribution in [0.4, 0.5) is 0 Å². The van der Waals surface area contributed by atoms with Crippen molar-refractivity contribution in [2.75, 3.05) is 6.54 Å². The molecule has 4 nitrogen and oxygen atoms in total. The molecule has 3 rings (SSSR count). The Labute approximate surface area is 170 Å². The van der Waals surface area contributed by atoms with Crippen LogP contribution in [0.2, 0.25) is 0 Å². The summed E-state index contributed by atoms with van der Waals surface area (Å²) < 4.78 is 5.84. The molecule has 1 N–H and O–H groups in total. The molecule has 0 fully saturated rings. The van der Waals surface area contributed by atoms with E-state index in [9.17, 15) is 9.90 Å². The van der Waals surface area contributed by atoms with Gasteiger partial charge in [-0.1, -0.05) is 60.2 Å². The molecule has 0 radical (unpaired) electrons. The van der Waals surface area contributed by atoms with Crippen molar-refractivity contribution in [2.45, 2.75) is 32.3 Å². The minimum atomic E-state index is -0.987. The number of aliphatic imine (C=N–C) groups is 1. The van der Waals surface area contributed by atoms with Crippen LogP contribution in [-0.2, 0) is 16.1 Å². The molecular formula is C23H24ClNO3. The third-order valence-electron chi connectivity index (χ3n) is 4.78. The van der Waals surface area contributed by atoms with E-state index < -0.39 is 5.97 Å². The van der Waals surface area contributed by atoms with Crippen molar-refractivity contribution in [1.29, 1.82) is 0 Å². The highest BCUT2D eigenvalue weighted by Gasteiger charge is 2.16. The summed E-state index contributed by atoms with van der Waals surface area (Å²) in [6.07, 6.45) is 12.8. The average molecular weight is 398 g/mol. The van der Waals surface area contributed by atoms with Crippen LogP contribution >= 0.6 is 11.6 Å². The van der Waals surface area contributed by atoms with E-state index in [2.05, 4.69) is 17.1 Å². The maximum atomic E-state index is 11.4. The highest BCUT2D eigenvalue weighted by Crippen LogP contribution is 2.26. The maximum Gasteiger partial charge on any atom is 0.336 e. The molecule has 1 atom stereocenters. The summed E-state index contributed by atoms with van der Waals surface area (Å²) in [6, 6.07) is 10.0. The summed E-state index contributed by atoms with van der Waals surface area (Å²) in [4.78, 5) is 16.0.